The van der Waals surface area contributed by atoms with E-state index in [4.69, 9.17) is 5.11 Å². The van der Waals surface area contributed by atoms with E-state index in [-0.39, 0.29) is 11.0 Å². The molecule has 0 aliphatic rings. The predicted octanol–water partition coefficient (Wildman–Crippen LogP) is 2.63. The molecule has 4 N–H and O–H groups in total. The number of hydrogen-bond acceptors (Lipinski definition) is 4. The molecule has 5 nitrogen and oxygen atoms in total. The SMILES string of the molecule is CCCCCCCCCCC(O)c1ccc(B(O)O)c(C(=O)O)c1. The van der Waals surface area contributed by atoms with Crippen LogP contribution in [0.2, 0.25) is 0 Å². The summed E-state index contributed by atoms with van der Waals surface area (Å²) in [5, 5.41) is 37.7. The molecule has 0 fully saturated rings. The maximum absolute atomic E-state index is 11.2. The Kier molecular flexibility index (Phi) is 9.68. The molecular weight excluding hydrogens is 307 g/mol. The van der Waals surface area contributed by atoms with Crippen LogP contribution in [0.25, 0.3) is 0 Å². The van der Waals surface area contributed by atoms with Gasteiger partial charge in [-0.2, -0.15) is 0 Å². The molecular formula is C18H29BO5. The van der Waals surface area contributed by atoms with Crippen molar-refractivity contribution in [2.75, 3.05) is 0 Å². The molecule has 0 amide bonds. The van der Waals surface area contributed by atoms with E-state index in [9.17, 15) is 19.9 Å². The van der Waals surface area contributed by atoms with Crippen molar-refractivity contribution in [2.45, 2.75) is 70.8 Å². The molecule has 134 valence electrons. The van der Waals surface area contributed by atoms with Crippen LogP contribution in [0.4, 0.5) is 0 Å². The van der Waals surface area contributed by atoms with Crippen molar-refractivity contribution in [3.05, 3.63) is 29.3 Å². The summed E-state index contributed by atoms with van der Waals surface area (Å²) < 4.78 is 0. The molecule has 1 rings (SSSR count). The Labute approximate surface area is 144 Å². The molecule has 1 aromatic rings. The number of aliphatic hydroxyl groups excluding tert-OH is 1. The van der Waals surface area contributed by atoms with E-state index in [0.29, 0.717) is 12.0 Å². The normalized spacial score (nSPS) is 12.2. The number of aromatic carboxylic acids is 1. The molecule has 0 saturated heterocycles. The Bertz CT molecular complexity index is 504. The lowest BCUT2D eigenvalue weighted by atomic mass is 9.76. The number of unbranched alkanes of at least 4 members (excludes halogenated alkanes) is 7. The van der Waals surface area contributed by atoms with Crippen molar-refractivity contribution in [2.24, 2.45) is 0 Å². The number of carboxylic acid groups (broad SMARTS) is 1. The summed E-state index contributed by atoms with van der Waals surface area (Å²) in [4.78, 5) is 11.2. The third-order valence-corrected chi connectivity index (χ3v) is 4.30. The zero-order chi connectivity index (χ0) is 17.9. The largest absolute Gasteiger partial charge is 0.489 e. The van der Waals surface area contributed by atoms with Gasteiger partial charge in [-0.25, -0.2) is 4.79 Å². The Balaban J connectivity index is 2.43. The van der Waals surface area contributed by atoms with E-state index in [1.54, 1.807) is 6.07 Å². The quantitative estimate of drug-likeness (QED) is 0.347. The van der Waals surface area contributed by atoms with Crippen LogP contribution in [0, 0.1) is 0 Å². The smallest absolute Gasteiger partial charge is 0.478 e. The summed E-state index contributed by atoms with van der Waals surface area (Å²) in [7, 11) is -1.84. The van der Waals surface area contributed by atoms with Crippen LogP contribution < -0.4 is 5.46 Å². The number of carbonyl (C=O) groups is 1. The maximum atomic E-state index is 11.2. The molecule has 1 unspecified atom stereocenters. The zero-order valence-electron chi connectivity index (χ0n) is 14.4. The second kappa shape index (κ2) is 11.2. The van der Waals surface area contributed by atoms with Gasteiger partial charge in [0.25, 0.3) is 0 Å². The van der Waals surface area contributed by atoms with Gasteiger partial charge in [-0.15, -0.1) is 0 Å². The Morgan fingerprint density at radius 2 is 1.62 bits per heavy atom. The van der Waals surface area contributed by atoms with Gasteiger partial charge in [-0.3, -0.25) is 0 Å². The second-order valence-corrected chi connectivity index (χ2v) is 6.30. The average molecular weight is 336 g/mol. The summed E-state index contributed by atoms with van der Waals surface area (Å²) in [5.41, 5.74) is 0.253. The third-order valence-electron chi connectivity index (χ3n) is 4.30. The van der Waals surface area contributed by atoms with Crippen molar-refractivity contribution < 1.29 is 25.1 Å². The van der Waals surface area contributed by atoms with Crippen molar-refractivity contribution >= 4 is 18.6 Å². The van der Waals surface area contributed by atoms with Gasteiger partial charge in [0, 0.05) is 0 Å². The Hall–Kier alpha value is -1.37. The second-order valence-electron chi connectivity index (χ2n) is 6.30. The molecule has 0 radical (unpaired) electrons. The first-order valence-electron chi connectivity index (χ1n) is 8.88. The highest BCUT2D eigenvalue weighted by Crippen LogP contribution is 2.21. The predicted molar refractivity (Wildman–Crippen MR) is 95.4 cm³/mol. The highest BCUT2D eigenvalue weighted by molar-refractivity contribution is 6.60. The number of carboxylic acids is 1. The Morgan fingerprint density at radius 3 is 2.17 bits per heavy atom. The van der Waals surface area contributed by atoms with Gasteiger partial charge in [0.15, 0.2) is 0 Å². The minimum atomic E-state index is -1.84. The summed E-state index contributed by atoms with van der Waals surface area (Å²) in [5.74, 6) is -1.24. The standard InChI is InChI=1S/C18H29BO5/c1-2-3-4-5-6-7-8-9-10-17(20)14-11-12-16(19(23)24)15(13-14)18(21)22/h11-13,17,20,23-24H,2-10H2,1H3,(H,21,22). The molecule has 0 aromatic heterocycles. The van der Waals surface area contributed by atoms with E-state index in [0.717, 1.165) is 19.3 Å². The lowest BCUT2D eigenvalue weighted by molar-refractivity contribution is 0.0697. The van der Waals surface area contributed by atoms with Gasteiger partial charge in [0.2, 0.25) is 0 Å². The summed E-state index contributed by atoms with van der Waals surface area (Å²) in [6.45, 7) is 2.20. The van der Waals surface area contributed by atoms with Crippen molar-refractivity contribution in [1.82, 2.24) is 0 Å². The first-order chi connectivity index (χ1) is 11.5. The van der Waals surface area contributed by atoms with Gasteiger partial charge < -0.3 is 20.3 Å². The van der Waals surface area contributed by atoms with Crippen LogP contribution in [-0.4, -0.2) is 33.3 Å². The van der Waals surface area contributed by atoms with Crippen LogP contribution >= 0.6 is 0 Å². The van der Waals surface area contributed by atoms with Gasteiger partial charge in [0.1, 0.15) is 0 Å². The molecule has 0 heterocycles. The fourth-order valence-electron chi connectivity index (χ4n) is 2.83. The van der Waals surface area contributed by atoms with E-state index in [1.807, 2.05) is 0 Å². The maximum Gasteiger partial charge on any atom is 0.489 e. The molecule has 0 aliphatic carbocycles. The van der Waals surface area contributed by atoms with Crippen molar-refractivity contribution in [3.63, 3.8) is 0 Å². The first kappa shape index (κ1) is 20.7. The monoisotopic (exact) mass is 336 g/mol. The minimum Gasteiger partial charge on any atom is -0.478 e. The van der Waals surface area contributed by atoms with Gasteiger partial charge in [-0.1, -0.05) is 70.4 Å². The number of aliphatic hydroxyl groups is 1. The van der Waals surface area contributed by atoms with Crippen molar-refractivity contribution in [3.8, 4) is 0 Å². The molecule has 0 saturated carbocycles. The van der Waals surface area contributed by atoms with Crippen LogP contribution in [-0.2, 0) is 0 Å². The Morgan fingerprint density at radius 1 is 1.04 bits per heavy atom. The average Bonchev–Trinajstić information content (AvgIpc) is 2.56. The van der Waals surface area contributed by atoms with Crippen LogP contribution in [0.15, 0.2) is 18.2 Å². The molecule has 0 bridgehead atoms. The zero-order valence-corrected chi connectivity index (χ0v) is 14.4. The van der Waals surface area contributed by atoms with Crippen LogP contribution in [0.5, 0.6) is 0 Å². The number of hydrogen-bond donors (Lipinski definition) is 4. The molecule has 1 aromatic carbocycles. The molecule has 24 heavy (non-hydrogen) atoms. The first-order valence-corrected chi connectivity index (χ1v) is 8.88. The molecule has 6 heteroatoms. The lowest BCUT2D eigenvalue weighted by Crippen LogP contribution is -2.34. The highest BCUT2D eigenvalue weighted by Gasteiger charge is 2.21. The fourth-order valence-corrected chi connectivity index (χ4v) is 2.83. The lowest BCUT2D eigenvalue weighted by Gasteiger charge is -2.13. The van der Waals surface area contributed by atoms with E-state index in [2.05, 4.69) is 6.92 Å². The van der Waals surface area contributed by atoms with Crippen LogP contribution in [0.1, 0.15) is 86.7 Å². The highest BCUT2D eigenvalue weighted by atomic mass is 16.4. The van der Waals surface area contributed by atoms with Gasteiger partial charge in [-0.05, 0) is 23.5 Å². The molecule has 0 spiro atoms. The van der Waals surface area contributed by atoms with Crippen LogP contribution in [0.3, 0.4) is 0 Å². The summed E-state index contributed by atoms with van der Waals surface area (Å²) in [6.07, 6.45) is 9.28. The fraction of sp³-hybridized carbons (Fsp3) is 0.611. The van der Waals surface area contributed by atoms with Crippen molar-refractivity contribution in [1.29, 1.82) is 0 Å². The minimum absolute atomic E-state index is 0.0643. The number of rotatable bonds is 12. The van der Waals surface area contributed by atoms with Gasteiger partial charge in [0.05, 0.1) is 11.7 Å². The van der Waals surface area contributed by atoms with E-state index in [1.165, 1.54) is 44.2 Å². The van der Waals surface area contributed by atoms with Gasteiger partial charge >= 0.3 is 13.1 Å². The molecule has 1 atom stereocenters. The topological polar surface area (TPSA) is 98.0 Å². The van der Waals surface area contributed by atoms with E-state index < -0.39 is 19.2 Å². The summed E-state index contributed by atoms with van der Waals surface area (Å²) >= 11 is 0. The third kappa shape index (κ3) is 7.03. The summed E-state index contributed by atoms with van der Waals surface area (Å²) in [6, 6.07) is 4.23. The molecule has 0 aliphatic heterocycles. The van der Waals surface area contributed by atoms with E-state index >= 15 is 0 Å². The number of benzene rings is 1.